The van der Waals surface area contributed by atoms with E-state index in [0.717, 1.165) is 16.9 Å². The van der Waals surface area contributed by atoms with Crippen LogP contribution in [0.1, 0.15) is 67.5 Å². The standard InChI is InChI=1S/C35H46N8O14S2/c1-33(2,3)54-31(48)36-14-9-15-42-16-22(37-19-42)20-10-12-21(13-11-20)53-17-24(29(46)47)56-41-25(23-18-58-30(38-23)40-32(49)55-34(4,5)6)27(44)39-26-28(45)43(35(26,7)8)57-59(50,51)52/h10-13,16,18-19,24,26H,9,14-15,17H2,1-8H3,(H,36,48)(H,39,44)(H,46,47)(H,38,40,49)(H,50,51,52)/b41-25-/t24?,26-/m1/s1. The molecule has 1 aromatic carbocycles. The number of nitrogens with zero attached hydrogens (tertiary/aromatic N) is 5. The third-order valence-corrected chi connectivity index (χ3v) is 8.78. The Hall–Kier alpha value is -5.85. The first kappa shape index (κ1) is 45.8. The number of carboxylic acids is 1. The van der Waals surface area contributed by atoms with Crippen LogP contribution >= 0.6 is 11.3 Å². The summed E-state index contributed by atoms with van der Waals surface area (Å²) in [7, 11) is -5.08. The lowest BCUT2D eigenvalue weighted by atomic mass is 9.84. The average Bonchev–Trinajstić information content (AvgIpc) is 3.77. The molecule has 22 nitrogen and oxygen atoms in total. The Bertz CT molecular complexity index is 2160. The Labute approximate surface area is 343 Å². The number of rotatable bonds is 17. The van der Waals surface area contributed by atoms with Gasteiger partial charge in [-0.25, -0.2) is 24.4 Å². The maximum atomic E-state index is 13.6. The van der Waals surface area contributed by atoms with Gasteiger partial charge in [-0.05, 0) is 86.1 Å². The highest BCUT2D eigenvalue weighted by atomic mass is 32.3. The van der Waals surface area contributed by atoms with Gasteiger partial charge in [-0.1, -0.05) is 5.16 Å². The van der Waals surface area contributed by atoms with Crippen molar-refractivity contribution in [2.75, 3.05) is 18.5 Å². The number of carbonyl (C=O) groups is 5. The summed E-state index contributed by atoms with van der Waals surface area (Å²) in [6.07, 6.45) is 0.981. The summed E-state index contributed by atoms with van der Waals surface area (Å²) in [5.74, 6) is -3.42. The zero-order valence-electron chi connectivity index (χ0n) is 33.4. The maximum Gasteiger partial charge on any atom is 0.418 e. The monoisotopic (exact) mass is 866 g/mol. The summed E-state index contributed by atoms with van der Waals surface area (Å²) in [6.45, 7) is 13.3. The molecule has 0 radical (unpaired) electrons. The minimum absolute atomic E-state index is 0.0385. The van der Waals surface area contributed by atoms with Crippen molar-refractivity contribution in [3.05, 3.63) is 47.9 Å². The van der Waals surface area contributed by atoms with Crippen LogP contribution in [-0.4, -0.2) is 115 Å². The van der Waals surface area contributed by atoms with Crippen molar-refractivity contribution in [2.45, 2.75) is 97.2 Å². The second-order valence-corrected chi connectivity index (χ2v) is 17.2. The SMILES string of the molecule is CC(C)(C)OC(=O)NCCCn1cnc(-c2ccc(OCC(O/N=C(\C(=O)N[C@@H]3C(=O)N(OS(=O)(=O)O)C3(C)C)c3csc(NC(=O)OC(C)(C)C)n3)C(=O)O)cc2)c1. The van der Waals surface area contributed by atoms with Crippen LogP contribution in [0.15, 0.2) is 47.3 Å². The van der Waals surface area contributed by atoms with Gasteiger partial charge in [0.2, 0.25) is 0 Å². The Morgan fingerprint density at radius 3 is 2.27 bits per heavy atom. The molecular formula is C35H46N8O14S2. The number of aromatic nitrogens is 3. The van der Waals surface area contributed by atoms with Gasteiger partial charge in [0.15, 0.2) is 10.8 Å². The molecule has 0 saturated carbocycles. The normalized spacial score (nSPS) is 16.0. The van der Waals surface area contributed by atoms with Gasteiger partial charge in [-0.3, -0.25) is 19.5 Å². The summed E-state index contributed by atoms with van der Waals surface area (Å²) in [4.78, 5) is 76.5. The lowest BCUT2D eigenvalue weighted by Gasteiger charge is -2.50. The average molecular weight is 867 g/mol. The van der Waals surface area contributed by atoms with Crippen LogP contribution in [0.5, 0.6) is 5.75 Å². The van der Waals surface area contributed by atoms with Crippen molar-refractivity contribution < 1.29 is 65.4 Å². The molecule has 0 aliphatic carbocycles. The number of anilines is 1. The molecule has 1 aliphatic rings. The molecule has 4 amide bonds. The molecule has 5 N–H and O–H groups in total. The molecule has 3 heterocycles. The van der Waals surface area contributed by atoms with Gasteiger partial charge >= 0.3 is 28.6 Å². The van der Waals surface area contributed by atoms with Crippen molar-refractivity contribution in [2.24, 2.45) is 5.16 Å². The second kappa shape index (κ2) is 18.4. The van der Waals surface area contributed by atoms with E-state index in [1.165, 1.54) is 19.2 Å². The third-order valence-electron chi connectivity index (χ3n) is 7.68. The zero-order chi connectivity index (χ0) is 43.9. The number of aryl methyl sites for hydroxylation is 1. The van der Waals surface area contributed by atoms with E-state index >= 15 is 0 Å². The van der Waals surface area contributed by atoms with E-state index < -0.39 is 81.6 Å². The number of oxime groups is 1. The van der Waals surface area contributed by atoms with Crippen LogP contribution in [-0.2, 0) is 49.9 Å². The van der Waals surface area contributed by atoms with Crippen molar-refractivity contribution in [3.63, 3.8) is 0 Å². The Morgan fingerprint density at radius 1 is 1.03 bits per heavy atom. The van der Waals surface area contributed by atoms with Gasteiger partial charge in [0.1, 0.15) is 35.3 Å². The van der Waals surface area contributed by atoms with E-state index in [4.69, 9.17) is 23.6 Å². The van der Waals surface area contributed by atoms with E-state index in [2.05, 4.69) is 35.4 Å². The maximum absolute atomic E-state index is 13.6. The zero-order valence-corrected chi connectivity index (χ0v) is 35.0. The predicted octanol–water partition coefficient (Wildman–Crippen LogP) is 3.36. The summed E-state index contributed by atoms with van der Waals surface area (Å²) in [5.41, 5.74) is -2.40. The number of imidazole rings is 1. The fourth-order valence-electron chi connectivity index (χ4n) is 5.01. The molecule has 0 bridgehead atoms. The smallest absolute Gasteiger partial charge is 0.418 e. The van der Waals surface area contributed by atoms with Crippen LogP contribution in [0.25, 0.3) is 11.3 Å². The molecule has 0 spiro atoms. The van der Waals surface area contributed by atoms with Crippen molar-refractivity contribution in [1.29, 1.82) is 0 Å². The van der Waals surface area contributed by atoms with E-state index in [-0.39, 0.29) is 16.6 Å². The quantitative estimate of drug-likeness (QED) is 0.0427. The molecule has 1 unspecified atom stereocenters. The second-order valence-electron chi connectivity index (χ2n) is 15.3. The molecular weight excluding hydrogens is 821 g/mol. The number of hydroxylamine groups is 2. The van der Waals surface area contributed by atoms with Crippen LogP contribution in [0.4, 0.5) is 14.7 Å². The van der Waals surface area contributed by atoms with Gasteiger partial charge in [0.25, 0.3) is 17.9 Å². The number of hydrogen-bond acceptors (Lipinski definition) is 16. The largest absolute Gasteiger partial charge is 0.489 e. The van der Waals surface area contributed by atoms with E-state index in [0.29, 0.717) is 30.3 Å². The molecule has 2 aromatic heterocycles. The highest BCUT2D eigenvalue weighted by Gasteiger charge is 2.58. The number of ether oxygens (including phenoxy) is 3. The van der Waals surface area contributed by atoms with Crippen molar-refractivity contribution in [3.8, 4) is 17.0 Å². The number of carboxylic acid groups (broad SMARTS) is 1. The van der Waals surface area contributed by atoms with Crippen LogP contribution in [0.2, 0.25) is 0 Å². The number of hydrogen-bond donors (Lipinski definition) is 5. The molecule has 59 heavy (non-hydrogen) atoms. The molecule has 2 atom stereocenters. The first-order valence-corrected chi connectivity index (χ1v) is 20.0. The number of thiazole rings is 1. The summed E-state index contributed by atoms with van der Waals surface area (Å²) >= 11 is 0.857. The van der Waals surface area contributed by atoms with E-state index in [1.807, 2.05) is 10.8 Å². The van der Waals surface area contributed by atoms with Crippen LogP contribution in [0.3, 0.4) is 0 Å². The first-order chi connectivity index (χ1) is 27.3. The van der Waals surface area contributed by atoms with Gasteiger partial charge in [-0.2, -0.15) is 13.5 Å². The van der Waals surface area contributed by atoms with E-state index in [9.17, 15) is 37.5 Å². The van der Waals surface area contributed by atoms with Crippen LogP contribution in [0, 0.1) is 0 Å². The molecule has 1 saturated heterocycles. The minimum Gasteiger partial charge on any atom is -0.489 e. The number of benzene rings is 1. The molecule has 1 fully saturated rings. The summed E-state index contributed by atoms with van der Waals surface area (Å²) in [5, 5.41) is 22.7. The molecule has 3 aromatic rings. The molecule has 322 valence electrons. The number of amides is 4. The van der Waals surface area contributed by atoms with Gasteiger partial charge in [0, 0.05) is 30.2 Å². The van der Waals surface area contributed by atoms with Crippen molar-refractivity contribution >= 4 is 62.5 Å². The predicted molar refractivity (Wildman–Crippen MR) is 209 cm³/mol. The Balaban J connectivity index is 1.43. The molecule has 1 aliphatic heterocycles. The molecule has 24 heteroatoms. The number of aliphatic carboxylic acids is 1. The van der Waals surface area contributed by atoms with Gasteiger partial charge in [0.05, 0.1) is 17.6 Å². The highest BCUT2D eigenvalue weighted by molar-refractivity contribution is 7.80. The minimum atomic E-state index is -5.08. The molecule has 4 rings (SSSR count). The summed E-state index contributed by atoms with van der Waals surface area (Å²) in [6, 6.07) is 5.17. The Kier molecular flexibility index (Phi) is 14.3. The topological polar surface area (TPSA) is 288 Å². The van der Waals surface area contributed by atoms with Crippen molar-refractivity contribution in [1.82, 2.24) is 30.2 Å². The van der Waals surface area contributed by atoms with E-state index in [1.54, 1.807) is 72.1 Å². The third kappa shape index (κ3) is 13.6. The number of nitrogens with one attached hydrogen (secondary N) is 3. The highest BCUT2D eigenvalue weighted by Crippen LogP contribution is 2.33. The fourth-order valence-corrected chi connectivity index (χ4v) is 6.14. The fraction of sp³-hybridized carbons (Fsp3) is 0.486. The number of carbonyl (C=O) groups excluding carboxylic acids is 4. The first-order valence-electron chi connectivity index (χ1n) is 17.8. The van der Waals surface area contributed by atoms with Crippen LogP contribution < -0.4 is 20.7 Å². The number of β-lactam (4-membered cyclic amide) rings is 1. The number of alkyl carbamates (subject to hydrolysis) is 1. The van der Waals surface area contributed by atoms with Gasteiger partial charge < -0.3 is 39.4 Å². The lowest BCUT2D eigenvalue weighted by Crippen LogP contribution is -2.76. The summed E-state index contributed by atoms with van der Waals surface area (Å²) < 4.78 is 53.8. The lowest BCUT2D eigenvalue weighted by molar-refractivity contribution is -0.218. The Morgan fingerprint density at radius 2 is 1.68 bits per heavy atom. The van der Waals surface area contributed by atoms with Gasteiger partial charge in [-0.15, -0.1) is 15.6 Å².